The molecule has 0 unspecified atom stereocenters. The Morgan fingerprint density at radius 2 is 1.46 bits per heavy atom. The molecule has 1 aliphatic rings. The van der Waals surface area contributed by atoms with E-state index in [9.17, 15) is 14.4 Å². The third kappa shape index (κ3) is 2.25. The van der Waals surface area contributed by atoms with Gasteiger partial charge in [-0.2, -0.15) is 0 Å². The molecule has 2 aromatic rings. The Hall–Kier alpha value is -2.79. The molecule has 0 bridgehead atoms. The Balaban J connectivity index is 2.17. The number of rotatable bonds is 4. The first kappa shape index (κ1) is 16.1. The Labute approximate surface area is 140 Å². The highest BCUT2D eigenvalue weighted by atomic mass is 16.2. The van der Waals surface area contributed by atoms with Crippen molar-refractivity contribution >= 4 is 17.5 Å². The van der Waals surface area contributed by atoms with Crippen LogP contribution in [0.4, 0.5) is 0 Å². The minimum absolute atomic E-state index is 0.208. The number of nitrogens with zero attached hydrogens (tertiary/aromatic N) is 1. The smallest absolute Gasteiger partial charge is 0.238 e. The lowest BCUT2D eigenvalue weighted by Crippen LogP contribution is -2.46. The van der Waals surface area contributed by atoms with E-state index in [1.54, 1.807) is 62.6 Å². The van der Waals surface area contributed by atoms with Gasteiger partial charge in [-0.05, 0) is 5.56 Å². The van der Waals surface area contributed by atoms with Gasteiger partial charge in [0.15, 0.2) is 11.6 Å². The topological polar surface area (TPSA) is 66.5 Å². The number of fused-ring (bicyclic) bond motifs is 1. The van der Waals surface area contributed by atoms with Crippen LogP contribution >= 0.6 is 0 Å². The Morgan fingerprint density at radius 3 is 1.96 bits per heavy atom. The zero-order chi connectivity index (χ0) is 17.3. The first-order chi connectivity index (χ1) is 11.5. The zero-order valence-corrected chi connectivity index (χ0v) is 13.6. The molecule has 3 rings (SSSR count). The second-order valence-electron chi connectivity index (χ2n) is 5.83. The number of carbonyl (C=O) groups excluding carboxylic acids is 3. The van der Waals surface area contributed by atoms with Gasteiger partial charge < -0.3 is 0 Å². The maximum Gasteiger partial charge on any atom is 0.238 e. The van der Waals surface area contributed by atoms with Gasteiger partial charge in [0, 0.05) is 25.2 Å². The summed E-state index contributed by atoms with van der Waals surface area (Å²) in [5.41, 5.74) is 2.54. The molecular weight excluding hydrogens is 304 g/mol. The number of Topliss-reactive ketones (excluding diaryl/α,β-unsaturated/α-hetero) is 2. The second-order valence-corrected chi connectivity index (χ2v) is 5.83. The van der Waals surface area contributed by atoms with Gasteiger partial charge in [0.05, 0.1) is 6.42 Å². The zero-order valence-electron chi connectivity index (χ0n) is 13.6. The van der Waals surface area contributed by atoms with Gasteiger partial charge in [-0.25, -0.2) is 5.43 Å². The monoisotopic (exact) mass is 322 g/mol. The molecule has 0 atom stereocenters. The molecule has 1 N–H and O–H groups in total. The maximum absolute atomic E-state index is 13.2. The predicted molar refractivity (Wildman–Crippen MR) is 89.7 cm³/mol. The summed E-state index contributed by atoms with van der Waals surface area (Å²) in [6.45, 7) is 0. The Bertz CT molecular complexity index is 779. The molecule has 1 aliphatic carbocycles. The van der Waals surface area contributed by atoms with Gasteiger partial charge in [-0.3, -0.25) is 19.4 Å². The van der Waals surface area contributed by atoms with Gasteiger partial charge in [0.25, 0.3) is 0 Å². The minimum atomic E-state index is -1.49. The number of hydrogen-bond donors (Lipinski definition) is 1. The fraction of sp³-hybridized carbons (Fsp3) is 0.211. The van der Waals surface area contributed by atoms with Crippen molar-refractivity contribution in [2.75, 3.05) is 14.1 Å². The summed E-state index contributed by atoms with van der Waals surface area (Å²) >= 11 is 0. The fourth-order valence-corrected chi connectivity index (χ4v) is 3.16. The van der Waals surface area contributed by atoms with Crippen LogP contribution in [0.5, 0.6) is 0 Å². The van der Waals surface area contributed by atoms with Crippen molar-refractivity contribution in [2.45, 2.75) is 11.8 Å². The summed E-state index contributed by atoms with van der Waals surface area (Å²) in [6, 6.07) is 15.6. The predicted octanol–water partition coefficient (Wildman–Crippen LogP) is 1.99. The average molecular weight is 322 g/mol. The van der Waals surface area contributed by atoms with E-state index in [0.717, 1.165) is 0 Å². The van der Waals surface area contributed by atoms with Gasteiger partial charge in [-0.1, -0.05) is 54.6 Å². The highest BCUT2D eigenvalue weighted by molar-refractivity contribution is 6.34. The van der Waals surface area contributed by atoms with E-state index in [1.165, 1.54) is 5.01 Å². The molecule has 0 saturated heterocycles. The SMILES string of the molecule is CNN(C)C(=O)CC1(c2ccccc2)C(=O)c2ccccc2C1=O. The number of nitrogens with one attached hydrogen (secondary N) is 1. The molecule has 5 nitrogen and oxygen atoms in total. The van der Waals surface area contributed by atoms with Crippen molar-refractivity contribution in [3.05, 3.63) is 71.3 Å². The van der Waals surface area contributed by atoms with Crippen LogP contribution in [0.3, 0.4) is 0 Å². The van der Waals surface area contributed by atoms with Crippen LogP contribution in [0.25, 0.3) is 0 Å². The lowest BCUT2D eigenvalue weighted by molar-refractivity contribution is -0.133. The van der Waals surface area contributed by atoms with Crippen LogP contribution < -0.4 is 5.43 Å². The summed E-state index contributed by atoms with van der Waals surface area (Å²) in [5, 5.41) is 1.29. The van der Waals surface area contributed by atoms with Crippen molar-refractivity contribution in [1.29, 1.82) is 0 Å². The first-order valence-electron chi connectivity index (χ1n) is 7.70. The van der Waals surface area contributed by atoms with Crippen LogP contribution in [0.15, 0.2) is 54.6 Å². The summed E-state index contributed by atoms with van der Waals surface area (Å²) in [5.74, 6) is -0.949. The number of hydrogen-bond acceptors (Lipinski definition) is 4. The third-order valence-corrected chi connectivity index (χ3v) is 4.58. The summed E-state index contributed by atoms with van der Waals surface area (Å²) in [4.78, 5) is 38.8. The Kier molecular flexibility index (Phi) is 4.03. The van der Waals surface area contributed by atoms with Crippen molar-refractivity contribution in [3.8, 4) is 0 Å². The quantitative estimate of drug-likeness (QED) is 0.690. The lowest BCUT2D eigenvalue weighted by Gasteiger charge is -2.28. The Morgan fingerprint density at radius 1 is 0.958 bits per heavy atom. The second kappa shape index (κ2) is 6.02. The van der Waals surface area contributed by atoms with Crippen LogP contribution in [-0.2, 0) is 10.2 Å². The van der Waals surface area contributed by atoms with Gasteiger partial charge in [-0.15, -0.1) is 0 Å². The summed E-state index contributed by atoms with van der Waals surface area (Å²) < 4.78 is 0. The molecule has 24 heavy (non-hydrogen) atoms. The number of carbonyl (C=O) groups is 3. The van der Waals surface area contributed by atoms with Gasteiger partial charge in [0.2, 0.25) is 5.91 Å². The molecule has 0 heterocycles. The van der Waals surface area contributed by atoms with E-state index in [0.29, 0.717) is 16.7 Å². The molecule has 0 spiro atoms. The van der Waals surface area contributed by atoms with E-state index in [2.05, 4.69) is 5.43 Å². The maximum atomic E-state index is 13.2. The van der Waals surface area contributed by atoms with Crippen molar-refractivity contribution < 1.29 is 14.4 Å². The van der Waals surface area contributed by atoms with Gasteiger partial charge in [0.1, 0.15) is 5.41 Å². The van der Waals surface area contributed by atoms with Crippen molar-refractivity contribution in [2.24, 2.45) is 0 Å². The van der Waals surface area contributed by atoms with Crippen LogP contribution in [0.2, 0.25) is 0 Å². The number of ketones is 2. The highest BCUT2D eigenvalue weighted by Gasteiger charge is 2.55. The third-order valence-electron chi connectivity index (χ3n) is 4.58. The van der Waals surface area contributed by atoms with Crippen LogP contribution in [0, 0.1) is 0 Å². The first-order valence-corrected chi connectivity index (χ1v) is 7.70. The van der Waals surface area contributed by atoms with E-state index >= 15 is 0 Å². The van der Waals surface area contributed by atoms with Crippen LogP contribution in [0.1, 0.15) is 32.7 Å². The van der Waals surface area contributed by atoms with Crippen molar-refractivity contribution in [3.63, 3.8) is 0 Å². The lowest BCUT2D eigenvalue weighted by atomic mass is 9.73. The van der Waals surface area contributed by atoms with E-state index < -0.39 is 5.41 Å². The largest absolute Gasteiger partial charge is 0.293 e. The molecule has 0 saturated carbocycles. The highest BCUT2D eigenvalue weighted by Crippen LogP contribution is 2.42. The molecule has 0 fully saturated rings. The average Bonchev–Trinajstić information content (AvgIpc) is 2.84. The molecule has 1 amide bonds. The molecule has 0 aromatic heterocycles. The molecule has 5 heteroatoms. The van der Waals surface area contributed by atoms with Crippen LogP contribution in [-0.4, -0.2) is 36.6 Å². The molecular formula is C19H18N2O3. The molecule has 0 aliphatic heterocycles. The number of amides is 1. The standard InChI is InChI=1S/C19H18N2O3/c1-20-21(2)16(22)12-19(13-8-4-3-5-9-13)17(23)14-10-6-7-11-15(14)18(19)24/h3-11,20H,12H2,1-2H3. The van der Waals surface area contributed by atoms with Gasteiger partial charge >= 0.3 is 0 Å². The van der Waals surface area contributed by atoms with Crippen molar-refractivity contribution in [1.82, 2.24) is 10.4 Å². The minimum Gasteiger partial charge on any atom is -0.293 e. The summed E-state index contributed by atoms with van der Waals surface area (Å²) in [6.07, 6.45) is -0.208. The van der Waals surface area contributed by atoms with E-state index in [-0.39, 0.29) is 23.9 Å². The number of hydrazine groups is 1. The van der Waals surface area contributed by atoms with E-state index in [1.807, 2.05) is 6.07 Å². The molecule has 0 radical (unpaired) electrons. The normalized spacial score (nSPS) is 15.2. The fourth-order valence-electron chi connectivity index (χ4n) is 3.16. The molecule has 2 aromatic carbocycles. The number of benzene rings is 2. The molecule has 122 valence electrons. The summed E-state index contributed by atoms with van der Waals surface area (Å²) in [7, 11) is 3.18. The van der Waals surface area contributed by atoms with E-state index in [4.69, 9.17) is 0 Å².